The summed E-state index contributed by atoms with van der Waals surface area (Å²) in [4.78, 5) is 0.155. The van der Waals surface area contributed by atoms with Gasteiger partial charge in [0, 0.05) is 11.4 Å². The van der Waals surface area contributed by atoms with Gasteiger partial charge in [-0.05, 0) is 80.6 Å². The minimum atomic E-state index is -3.92. The van der Waals surface area contributed by atoms with Crippen molar-refractivity contribution >= 4 is 21.4 Å². The van der Waals surface area contributed by atoms with E-state index >= 15 is 0 Å². The molecule has 1 saturated heterocycles. The molecule has 0 amide bonds. The van der Waals surface area contributed by atoms with Crippen molar-refractivity contribution < 1.29 is 22.3 Å². The highest BCUT2D eigenvalue weighted by Gasteiger charge is 2.56. The molecule has 0 radical (unpaired) electrons. The Morgan fingerprint density at radius 2 is 1.84 bits per heavy atom. The number of hydrogen-bond acceptors (Lipinski definition) is 4. The Hall–Kier alpha value is -1.73. The maximum Gasteiger partial charge on any atom is 0.188 e. The van der Waals surface area contributed by atoms with Crippen molar-refractivity contribution in [3.05, 3.63) is 77.1 Å². The third-order valence-electron chi connectivity index (χ3n) is 6.21. The molecule has 2 aromatic carbocycles. The van der Waals surface area contributed by atoms with Crippen molar-refractivity contribution in [1.82, 2.24) is 0 Å². The third-order valence-corrected chi connectivity index (χ3v) is 8.98. The molecule has 7 heteroatoms. The molecule has 3 atom stereocenters. The van der Waals surface area contributed by atoms with Crippen LogP contribution in [0.15, 0.2) is 60.0 Å². The zero-order chi connectivity index (χ0) is 22.4. The van der Waals surface area contributed by atoms with Crippen molar-refractivity contribution in [2.75, 3.05) is 0 Å². The van der Waals surface area contributed by atoms with E-state index in [-0.39, 0.29) is 17.4 Å². The lowest BCUT2D eigenvalue weighted by Gasteiger charge is -2.42. The Morgan fingerprint density at radius 3 is 2.52 bits per heavy atom. The second kappa shape index (κ2) is 8.00. The minimum absolute atomic E-state index is 0.155. The van der Waals surface area contributed by atoms with E-state index in [1.54, 1.807) is 24.3 Å². The predicted molar refractivity (Wildman–Crippen MR) is 118 cm³/mol. The molecule has 0 bridgehead atoms. The molecule has 4 rings (SSSR count). The molecule has 31 heavy (non-hydrogen) atoms. The molecule has 1 saturated carbocycles. The number of rotatable bonds is 5. The summed E-state index contributed by atoms with van der Waals surface area (Å²) < 4.78 is 53.5. The van der Waals surface area contributed by atoms with Crippen LogP contribution in [-0.4, -0.2) is 26.4 Å². The standard InChI is InChI=1S/C24H26ClFO4S/c1-4-5-16-6-9-18(26)14-20(16)24(31(27,28)19-10-7-17(25)8-11-19)13-12-21-22(15-24)30-23(2,3)29-21/h4,6-11,14,21-22H,1,5,12-13,15H2,2-3H3/t21-,22+,24+/m1/s1. The molecule has 1 aliphatic heterocycles. The summed E-state index contributed by atoms with van der Waals surface area (Å²) in [7, 11) is -3.92. The maximum atomic E-state index is 14.5. The second-order valence-corrected chi connectivity index (χ2v) is 11.4. The first kappa shape index (κ1) is 22.5. The molecule has 0 unspecified atom stereocenters. The Morgan fingerprint density at radius 1 is 1.16 bits per heavy atom. The molecule has 1 heterocycles. The molecule has 2 aliphatic rings. The van der Waals surface area contributed by atoms with Crippen molar-refractivity contribution in [3.8, 4) is 0 Å². The van der Waals surface area contributed by atoms with E-state index in [1.807, 2.05) is 13.8 Å². The van der Waals surface area contributed by atoms with E-state index in [0.717, 1.165) is 5.56 Å². The van der Waals surface area contributed by atoms with Gasteiger partial charge in [-0.2, -0.15) is 0 Å². The Balaban J connectivity index is 1.92. The fourth-order valence-electron chi connectivity index (χ4n) is 4.91. The highest BCUT2D eigenvalue weighted by Crippen LogP contribution is 2.52. The van der Waals surface area contributed by atoms with Gasteiger partial charge >= 0.3 is 0 Å². The second-order valence-electron chi connectivity index (χ2n) is 8.70. The van der Waals surface area contributed by atoms with Gasteiger partial charge in [-0.3, -0.25) is 0 Å². The SMILES string of the molecule is C=CCc1ccc(F)cc1[C@]1(S(=O)(=O)c2ccc(Cl)cc2)CC[C@H]2OC(C)(C)O[C@H]2C1. The number of benzene rings is 2. The average molecular weight is 465 g/mol. The van der Waals surface area contributed by atoms with E-state index in [1.165, 1.54) is 24.3 Å². The Labute approximate surface area is 187 Å². The van der Waals surface area contributed by atoms with Gasteiger partial charge in [0.15, 0.2) is 15.6 Å². The molecule has 4 nitrogen and oxygen atoms in total. The molecule has 2 fully saturated rings. The lowest BCUT2D eigenvalue weighted by atomic mass is 9.78. The van der Waals surface area contributed by atoms with Crippen LogP contribution in [0.1, 0.15) is 44.2 Å². The first-order chi connectivity index (χ1) is 14.6. The smallest absolute Gasteiger partial charge is 0.188 e. The zero-order valence-electron chi connectivity index (χ0n) is 17.6. The maximum absolute atomic E-state index is 14.5. The van der Waals surface area contributed by atoms with Crippen LogP contribution in [0.5, 0.6) is 0 Å². The quantitative estimate of drug-likeness (QED) is 0.542. The number of fused-ring (bicyclic) bond motifs is 1. The fraction of sp³-hybridized carbons (Fsp3) is 0.417. The van der Waals surface area contributed by atoms with Crippen molar-refractivity contribution in [3.63, 3.8) is 0 Å². The Kier molecular flexibility index (Phi) is 5.80. The first-order valence-corrected chi connectivity index (χ1v) is 12.2. The first-order valence-electron chi connectivity index (χ1n) is 10.3. The van der Waals surface area contributed by atoms with Crippen LogP contribution >= 0.6 is 11.6 Å². The van der Waals surface area contributed by atoms with Crippen LogP contribution in [0.3, 0.4) is 0 Å². The zero-order valence-corrected chi connectivity index (χ0v) is 19.2. The summed E-state index contributed by atoms with van der Waals surface area (Å²) in [5.41, 5.74) is 1.21. The number of ether oxygens (including phenoxy) is 2. The van der Waals surface area contributed by atoms with Crippen LogP contribution in [-0.2, 0) is 30.5 Å². The monoisotopic (exact) mass is 464 g/mol. The molecule has 1 aliphatic carbocycles. The molecule has 0 aromatic heterocycles. The van der Waals surface area contributed by atoms with E-state index < -0.39 is 32.3 Å². The van der Waals surface area contributed by atoms with E-state index in [4.69, 9.17) is 21.1 Å². The normalized spacial score (nSPS) is 27.6. The van der Waals surface area contributed by atoms with E-state index in [9.17, 15) is 12.8 Å². The molecule has 2 aromatic rings. The van der Waals surface area contributed by atoms with Gasteiger partial charge in [-0.15, -0.1) is 6.58 Å². The van der Waals surface area contributed by atoms with Crippen molar-refractivity contribution in [1.29, 1.82) is 0 Å². The van der Waals surface area contributed by atoms with Crippen LogP contribution in [0, 0.1) is 5.82 Å². The summed E-state index contributed by atoms with van der Waals surface area (Å²) in [6.45, 7) is 7.44. The van der Waals surface area contributed by atoms with Gasteiger partial charge in [0.2, 0.25) is 0 Å². The summed E-state index contributed by atoms with van der Waals surface area (Å²) >= 11 is 6.00. The highest BCUT2D eigenvalue weighted by atomic mass is 35.5. The summed E-state index contributed by atoms with van der Waals surface area (Å²) in [5.74, 6) is -1.26. The number of sulfone groups is 1. The lowest BCUT2D eigenvalue weighted by Crippen LogP contribution is -2.47. The van der Waals surface area contributed by atoms with Gasteiger partial charge in [0.1, 0.15) is 10.6 Å². The van der Waals surface area contributed by atoms with Gasteiger partial charge in [-0.25, -0.2) is 12.8 Å². The lowest BCUT2D eigenvalue weighted by molar-refractivity contribution is -0.145. The van der Waals surface area contributed by atoms with Crippen LogP contribution < -0.4 is 0 Å². The van der Waals surface area contributed by atoms with Gasteiger partial charge in [0.25, 0.3) is 0 Å². The molecular formula is C24H26ClFO4S. The van der Waals surface area contributed by atoms with Gasteiger partial charge in [-0.1, -0.05) is 23.7 Å². The van der Waals surface area contributed by atoms with Crippen molar-refractivity contribution in [2.45, 2.75) is 67.2 Å². The highest BCUT2D eigenvalue weighted by molar-refractivity contribution is 7.92. The van der Waals surface area contributed by atoms with Crippen LogP contribution in [0.2, 0.25) is 5.02 Å². The average Bonchev–Trinajstić information content (AvgIpc) is 3.02. The van der Waals surface area contributed by atoms with Crippen LogP contribution in [0.25, 0.3) is 0 Å². The summed E-state index contributed by atoms with van der Waals surface area (Å²) in [6.07, 6.45) is 2.50. The topological polar surface area (TPSA) is 52.6 Å². The van der Waals surface area contributed by atoms with Gasteiger partial charge < -0.3 is 9.47 Å². The third kappa shape index (κ3) is 3.95. The molecule has 0 N–H and O–H groups in total. The van der Waals surface area contributed by atoms with Crippen LogP contribution in [0.4, 0.5) is 4.39 Å². The molecular weight excluding hydrogens is 439 g/mol. The molecule has 166 valence electrons. The predicted octanol–water partition coefficient (Wildman–Crippen LogP) is 5.58. The van der Waals surface area contributed by atoms with E-state index in [0.29, 0.717) is 29.8 Å². The minimum Gasteiger partial charge on any atom is -0.345 e. The largest absolute Gasteiger partial charge is 0.345 e. The Bertz CT molecular complexity index is 1100. The number of halogens is 2. The number of hydrogen-bond donors (Lipinski definition) is 0. The summed E-state index contributed by atoms with van der Waals surface area (Å²) in [5, 5.41) is 0.448. The number of allylic oxidation sites excluding steroid dienone is 1. The summed E-state index contributed by atoms with van der Waals surface area (Å²) in [6, 6.07) is 10.5. The van der Waals surface area contributed by atoms with Crippen molar-refractivity contribution in [2.24, 2.45) is 0 Å². The van der Waals surface area contributed by atoms with Gasteiger partial charge in [0.05, 0.1) is 17.1 Å². The molecule has 0 spiro atoms. The van der Waals surface area contributed by atoms with E-state index in [2.05, 4.69) is 6.58 Å². The fourth-order valence-corrected chi connectivity index (χ4v) is 7.23.